The molecule has 0 amide bonds. The fourth-order valence-electron chi connectivity index (χ4n) is 2.66. The molecule has 0 aliphatic carbocycles. The fraction of sp³-hybridized carbons (Fsp3) is 0.250. The van der Waals surface area contributed by atoms with Crippen LogP contribution in [-0.2, 0) is 13.0 Å². The molecule has 0 radical (unpaired) electrons. The molecule has 1 aromatic carbocycles. The molecule has 0 fully saturated rings. The second-order valence-corrected chi connectivity index (χ2v) is 5.93. The summed E-state index contributed by atoms with van der Waals surface area (Å²) < 4.78 is 1.89. The SMILES string of the molecule is CN=C(NCCCc1ccccc1)NCc1ccnc(-n2ccnc2)c1. The van der Waals surface area contributed by atoms with E-state index in [0.717, 1.165) is 36.7 Å². The predicted octanol–water partition coefficient (Wildman–Crippen LogP) is 2.57. The van der Waals surface area contributed by atoms with Crippen LogP contribution in [0.3, 0.4) is 0 Å². The van der Waals surface area contributed by atoms with Gasteiger partial charge >= 0.3 is 0 Å². The summed E-state index contributed by atoms with van der Waals surface area (Å²) in [5, 5.41) is 6.70. The third kappa shape index (κ3) is 5.17. The van der Waals surface area contributed by atoms with Gasteiger partial charge in [-0.2, -0.15) is 0 Å². The average Bonchev–Trinajstić information content (AvgIpc) is 3.23. The van der Waals surface area contributed by atoms with E-state index in [1.54, 1.807) is 19.6 Å². The molecule has 0 spiro atoms. The van der Waals surface area contributed by atoms with Crippen LogP contribution in [0.1, 0.15) is 17.5 Å². The maximum atomic E-state index is 4.37. The Hall–Kier alpha value is -3.15. The van der Waals surface area contributed by atoms with Gasteiger partial charge in [-0.1, -0.05) is 30.3 Å². The molecule has 0 bridgehead atoms. The lowest BCUT2D eigenvalue weighted by molar-refractivity contribution is 0.741. The van der Waals surface area contributed by atoms with E-state index in [1.165, 1.54) is 5.56 Å². The van der Waals surface area contributed by atoms with Gasteiger partial charge in [0.2, 0.25) is 0 Å². The highest BCUT2D eigenvalue weighted by Gasteiger charge is 2.02. The normalized spacial score (nSPS) is 11.3. The molecule has 6 heteroatoms. The Balaban J connectivity index is 1.45. The monoisotopic (exact) mass is 348 g/mol. The number of guanidine groups is 1. The minimum Gasteiger partial charge on any atom is -0.356 e. The van der Waals surface area contributed by atoms with Crippen LogP contribution in [0, 0.1) is 0 Å². The molecule has 3 aromatic rings. The maximum absolute atomic E-state index is 4.37. The van der Waals surface area contributed by atoms with Crippen LogP contribution in [0.5, 0.6) is 0 Å². The van der Waals surface area contributed by atoms with Crippen LogP contribution in [0.15, 0.2) is 72.4 Å². The fourth-order valence-corrected chi connectivity index (χ4v) is 2.66. The second-order valence-electron chi connectivity index (χ2n) is 5.93. The lowest BCUT2D eigenvalue weighted by atomic mass is 10.1. The summed E-state index contributed by atoms with van der Waals surface area (Å²) in [6.07, 6.45) is 9.30. The molecule has 2 aromatic heterocycles. The highest BCUT2D eigenvalue weighted by Crippen LogP contribution is 2.06. The van der Waals surface area contributed by atoms with Crippen LogP contribution in [0.2, 0.25) is 0 Å². The minimum absolute atomic E-state index is 0.683. The second kappa shape index (κ2) is 9.36. The predicted molar refractivity (Wildman–Crippen MR) is 104 cm³/mol. The number of benzene rings is 1. The molecule has 3 rings (SSSR count). The summed E-state index contributed by atoms with van der Waals surface area (Å²) in [5.74, 6) is 1.66. The van der Waals surface area contributed by atoms with Gasteiger partial charge in [-0.05, 0) is 36.1 Å². The van der Waals surface area contributed by atoms with Crippen molar-refractivity contribution in [2.75, 3.05) is 13.6 Å². The van der Waals surface area contributed by atoms with Crippen LogP contribution < -0.4 is 10.6 Å². The number of nitrogens with one attached hydrogen (secondary N) is 2. The molecule has 0 aliphatic heterocycles. The highest BCUT2D eigenvalue weighted by molar-refractivity contribution is 5.79. The van der Waals surface area contributed by atoms with Gasteiger partial charge in [-0.3, -0.25) is 9.56 Å². The van der Waals surface area contributed by atoms with Gasteiger partial charge in [0.1, 0.15) is 12.1 Å². The summed E-state index contributed by atoms with van der Waals surface area (Å²) in [6, 6.07) is 14.6. The molecule has 134 valence electrons. The first-order valence-electron chi connectivity index (χ1n) is 8.77. The molecule has 0 aliphatic rings. The standard InChI is InChI=1S/C20H24N6/c1-21-20(24-10-5-8-17-6-3-2-4-7-17)25-15-18-9-11-23-19(14-18)26-13-12-22-16-26/h2-4,6-7,9,11-14,16H,5,8,10,15H2,1H3,(H2,21,24,25). The lowest BCUT2D eigenvalue weighted by Gasteiger charge is -2.12. The van der Waals surface area contributed by atoms with Crippen molar-refractivity contribution in [3.05, 3.63) is 78.5 Å². The van der Waals surface area contributed by atoms with Crippen molar-refractivity contribution in [1.29, 1.82) is 0 Å². The number of aromatic nitrogens is 3. The topological polar surface area (TPSA) is 67.1 Å². The largest absolute Gasteiger partial charge is 0.356 e. The molecule has 0 unspecified atom stereocenters. The van der Waals surface area contributed by atoms with Gasteiger partial charge in [0, 0.05) is 38.7 Å². The number of pyridine rings is 1. The summed E-state index contributed by atoms with van der Waals surface area (Å²) in [6.45, 7) is 1.56. The molecular formula is C20H24N6. The number of aliphatic imine (C=N–C) groups is 1. The Morgan fingerprint density at radius 3 is 2.73 bits per heavy atom. The lowest BCUT2D eigenvalue weighted by Crippen LogP contribution is -2.37. The Labute approximate surface area is 154 Å². The first-order chi connectivity index (χ1) is 12.8. The molecule has 2 heterocycles. The zero-order valence-electron chi connectivity index (χ0n) is 15.0. The Morgan fingerprint density at radius 1 is 1.08 bits per heavy atom. The van der Waals surface area contributed by atoms with Crippen molar-refractivity contribution in [3.8, 4) is 5.82 Å². The summed E-state index contributed by atoms with van der Waals surface area (Å²) in [4.78, 5) is 12.7. The number of hydrogen-bond acceptors (Lipinski definition) is 3. The Kier molecular flexibility index (Phi) is 6.36. The minimum atomic E-state index is 0.683. The summed E-state index contributed by atoms with van der Waals surface area (Å²) >= 11 is 0. The number of hydrogen-bond donors (Lipinski definition) is 2. The van der Waals surface area contributed by atoms with E-state index < -0.39 is 0 Å². The number of rotatable bonds is 7. The van der Waals surface area contributed by atoms with Crippen LogP contribution >= 0.6 is 0 Å². The van der Waals surface area contributed by atoms with E-state index in [0.29, 0.717) is 6.54 Å². The summed E-state index contributed by atoms with van der Waals surface area (Å²) in [7, 11) is 1.79. The van der Waals surface area contributed by atoms with E-state index in [9.17, 15) is 0 Å². The van der Waals surface area contributed by atoms with Crippen LogP contribution in [0.25, 0.3) is 5.82 Å². The smallest absolute Gasteiger partial charge is 0.191 e. The first kappa shape index (κ1) is 17.7. The molecular weight excluding hydrogens is 324 g/mol. The average molecular weight is 348 g/mol. The number of nitrogens with zero attached hydrogens (tertiary/aromatic N) is 4. The van der Waals surface area contributed by atoms with E-state index >= 15 is 0 Å². The van der Waals surface area contributed by atoms with E-state index in [4.69, 9.17) is 0 Å². The molecule has 26 heavy (non-hydrogen) atoms. The van der Waals surface area contributed by atoms with Crippen molar-refractivity contribution >= 4 is 5.96 Å². The zero-order valence-corrected chi connectivity index (χ0v) is 15.0. The molecule has 2 N–H and O–H groups in total. The molecule has 0 saturated carbocycles. The Bertz CT molecular complexity index is 811. The van der Waals surface area contributed by atoms with Gasteiger partial charge in [0.25, 0.3) is 0 Å². The number of aryl methyl sites for hydroxylation is 1. The highest BCUT2D eigenvalue weighted by atomic mass is 15.2. The number of imidazole rings is 1. The zero-order chi connectivity index (χ0) is 18.0. The molecule has 0 saturated heterocycles. The third-order valence-corrected chi connectivity index (χ3v) is 4.04. The van der Waals surface area contributed by atoms with Crippen molar-refractivity contribution in [1.82, 2.24) is 25.2 Å². The van der Waals surface area contributed by atoms with Gasteiger partial charge in [0.15, 0.2) is 5.96 Å². The van der Waals surface area contributed by atoms with Gasteiger partial charge in [-0.15, -0.1) is 0 Å². The van der Waals surface area contributed by atoms with Crippen LogP contribution in [0.4, 0.5) is 0 Å². The third-order valence-electron chi connectivity index (χ3n) is 4.04. The van der Waals surface area contributed by atoms with Crippen molar-refractivity contribution in [3.63, 3.8) is 0 Å². The molecule has 6 nitrogen and oxygen atoms in total. The Morgan fingerprint density at radius 2 is 1.96 bits per heavy atom. The van der Waals surface area contributed by atoms with E-state index in [-0.39, 0.29) is 0 Å². The van der Waals surface area contributed by atoms with Gasteiger partial charge in [0.05, 0.1) is 0 Å². The maximum Gasteiger partial charge on any atom is 0.191 e. The van der Waals surface area contributed by atoms with Gasteiger partial charge in [-0.25, -0.2) is 9.97 Å². The van der Waals surface area contributed by atoms with Crippen molar-refractivity contribution in [2.24, 2.45) is 4.99 Å². The first-order valence-corrected chi connectivity index (χ1v) is 8.77. The van der Waals surface area contributed by atoms with E-state index in [1.807, 2.05) is 35.2 Å². The summed E-state index contributed by atoms with van der Waals surface area (Å²) in [5.41, 5.74) is 2.50. The molecule has 0 atom stereocenters. The van der Waals surface area contributed by atoms with Crippen molar-refractivity contribution in [2.45, 2.75) is 19.4 Å². The quantitative estimate of drug-likeness (QED) is 0.391. The van der Waals surface area contributed by atoms with E-state index in [2.05, 4.69) is 49.9 Å². The van der Waals surface area contributed by atoms with Crippen molar-refractivity contribution < 1.29 is 0 Å². The van der Waals surface area contributed by atoms with Crippen LogP contribution in [-0.4, -0.2) is 34.1 Å². The van der Waals surface area contributed by atoms with Gasteiger partial charge < -0.3 is 10.6 Å².